The van der Waals surface area contributed by atoms with Gasteiger partial charge in [-0.3, -0.25) is 9.59 Å². The average molecular weight is 283 g/mol. The molecule has 1 amide bonds. The van der Waals surface area contributed by atoms with Gasteiger partial charge in [0.1, 0.15) is 0 Å². The van der Waals surface area contributed by atoms with Gasteiger partial charge < -0.3 is 10.1 Å². The monoisotopic (exact) mass is 283 g/mol. The number of nitrogens with one attached hydrogen (secondary N) is 1. The molecule has 106 valence electrons. The third kappa shape index (κ3) is 5.03. The smallest absolute Gasteiger partial charge is 0.307 e. The van der Waals surface area contributed by atoms with Crippen LogP contribution in [-0.2, 0) is 14.3 Å². The van der Waals surface area contributed by atoms with Crippen LogP contribution >= 0.6 is 11.3 Å². The van der Waals surface area contributed by atoms with Crippen molar-refractivity contribution in [1.82, 2.24) is 5.32 Å². The first-order valence-electron chi connectivity index (χ1n) is 6.49. The molecule has 0 spiro atoms. The normalized spacial score (nSPS) is 13.6. The van der Waals surface area contributed by atoms with Gasteiger partial charge in [0, 0.05) is 10.8 Å². The third-order valence-electron chi connectivity index (χ3n) is 2.97. The highest BCUT2D eigenvalue weighted by molar-refractivity contribution is 7.10. The third-order valence-corrected chi connectivity index (χ3v) is 3.96. The maximum atomic E-state index is 12.0. The summed E-state index contributed by atoms with van der Waals surface area (Å²) in [6, 6.07) is 3.54. The number of amides is 1. The molecule has 2 atom stereocenters. The minimum atomic E-state index is -0.318. The zero-order chi connectivity index (χ0) is 14.3. The molecular weight excluding hydrogens is 262 g/mol. The zero-order valence-electron chi connectivity index (χ0n) is 11.6. The summed E-state index contributed by atoms with van der Waals surface area (Å²) in [6.45, 7) is 3.96. The van der Waals surface area contributed by atoms with E-state index in [0.717, 1.165) is 17.7 Å². The first kappa shape index (κ1) is 15.7. The highest BCUT2D eigenvalue weighted by atomic mass is 32.1. The van der Waals surface area contributed by atoms with Gasteiger partial charge in [-0.25, -0.2) is 0 Å². The van der Waals surface area contributed by atoms with Crippen LogP contribution in [0.2, 0.25) is 0 Å². The van der Waals surface area contributed by atoms with Crippen LogP contribution < -0.4 is 5.32 Å². The van der Waals surface area contributed by atoms with Gasteiger partial charge in [0.2, 0.25) is 5.91 Å². The Morgan fingerprint density at radius 2 is 2.21 bits per heavy atom. The molecule has 1 N–H and O–H groups in total. The van der Waals surface area contributed by atoms with Gasteiger partial charge in [0.15, 0.2) is 0 Å². The Morgan fingerprint density at radius 1 is 1.47 bits per heavy atom. The standard InChI is InChI=1S/C14H21NO3S/c1-4-6-10(2)14(17)15-11(9-13(16)18-3)12-7-5-8-19-12/h5,7-8,10-11H,4,6,9H2,1-3H3,(H,15,17). The highest BCUT2D eigenvalue weighted by Gasteiger charge is 2.22. The number of carbonyl (C=O) groups excluding carboxylic acids is 2. The lowest BCUT2D eigenvalue weighted by molar-refractivity contribution is -0.141. The molecule has 0 bridgehead atoms. The molecule has 0 fully saturated rings. The summed E-state index contributed by atoms with van der Waals surface area (Å²) >= 11 is 1.53. The van der Waals surface area contributed by atoms with Crippen molar-refractivity contribution < 1.29 is 14.3 Å². The van der Waals surface area contributed by atoms with Gasteiger partial charge in [-0.15, -0.1) is 11.3 Å². The predicted molar refractivity (Wildman–Crippen MR) is 75.9 cm³/mol. The van der Waals surface area contributed by atoms with Gasteiger partial charge in [-0.05, 0) is 17.9 Å². The van der Waals surface area contributed by atoms with Crippen molar-refractivity contribution >= 4 is 23.2 Å². The number of rotatable bonds is 7. The van der Waals surface area contributed by atoms with Gasteiger partial charge in [0.25, 0.3) is 0 Å². The summed E-state index contributed by atoms with van der Waals surface area (Å²) in [5, 5.41) is 4.87. The predicted octanol–water partition coefficient (Wildman–Crippen LogP) is 2.90. The number of hydrogen-bond donors (Lipinski definition) is 1. The number of methoxy groups -OCH3 is 1. The number of esters is 1. The Balaban J connectivity index is 2.69. The molecule has 5 heteroatoms. The second-order valence-electron chi connectivity index (χ2n) is 4.55. The summed E-state index contributed by atoms with van der Waals surface area (Å²) in [5.41, 5.74) is 0. The lowest BCUT2D eigenvalue weighted by Crippen LogP contribution is -2.33. The van der Waals surface area contributed by atoms with E-state index in [0.29, 0.717) is 0 Å². The van der Waals surface area contributed by atoms with Crippen molar-refractivity contribution in [3.63, 3.8) is 0 Å². The molecule has 0 saturated heterocycles. The van der Waals surface area contributed by atoms with Gasteiger partial charge in [-0.2, -0.15) is 0 Å². The highest BCUT2D eigenvalue weighted by Crippen LogP contribution is 2.23. The lowest BCUT2D eigenvalue weighted by Gasteiger charge is -2.19. The van der Waals surface area contributed by atoms with E-state index in [2.05, 4.69) is 17.0 Å². The van der Waals surface area contributed by atoms with Crippen LogP contribution in [-0.4, -0.2) is 19.0 Å². The Morgan fingerprint density at radius 3 is 2.74 bits per heavy atom. The van der Waals surface area contributed by atoms with Crippen LogP contribution in [0.4, 0.5) is 0 Å². The number of ether oxygens (including phenoxy) is 1. The van der Waals surface area contributed by atoms with Crippen LogP contribution in [0, 0.1) is 5.92 Å². The van der Waals surface area contributed by atoms with Crippen molar-refractivity contribution in [3.05, 3.63) is 22.4 Å². The number of carbonyl (C=O) groups is 2. The van der Waals surface area contributed by atoms with E-state index < -0.39 is 0 Å². The van der Waals surface area contributed by atoms with Crippen LogP contribution in [0.15, 0.2) is 17.5 Å². The second kappa shape index (κ2) is 7.94. The summed E-state index contributed by atoms with van der Waals surface area (Å²) in [6.07, 6.45) is 1.98. The number of thiophene rings is 1. The maximum absolute atomic E-state index is 12.0. The van der Waals surface area contributed by atoms with Gasteiger partial charge in [0.05, 0.1) is 19.6 Å². The molecular formula is C14H21NO3S. The Labute approximate surface area is 118 Å². The molecule has 0 radical (unpaired) electrons. The van der Waals surface area contributed by atoms with Crippen LogP contribution in [0.5, 0.6) is 0 Å². The fraction of sp³-hybridized carbons (Fsp3) is 0.571. The molecule has 1 aromatic rings. The van der Waals surface area contributed by atoms with E-state index in [1.54, 1.807) is 0 Å². The lowest BCUT2D eigenvalue weighted by atomic mass is 10.0. The Bertz CT molecular complexity index is 403. The van der Waals surface area contributed by atoms with Crippen LogP contribution in [0.25, 0.3) is 0 Å². The van der Waals surface area contributed by atoms with E-state index in [4.69, 9.17) is 0 Å². The van der Waals surface area contributed by atoms with Crippen LogP contribution in [0.3, 0.4) is 0 Å². The molecule has 19 heavy (non-hydrogen) atoms. The minimum absolute atomic E-state index is 0.0100. The fourth-order valence-corrected chi connectivity index (χ4v) is 2.62. The van der Waals surface area contributed by atoms with Crippen molar-refractivity contribution in [2.45, 2.75) is 39.2 Å². The average Bonchev–Trinajstić information content (AvgIpc) is 2.91. The van der Waals surface area contributed by atoms with Crippen molar-refractivity contribution in [2.24, 2.45) is 5.92 Å². The van der Waals surface area contributed by atoms with Gasteiger partial charge >= 0.3 is 5.97 Å². The first-order chi connectivity index (χ1) is 9.08. The molecule has 0 saturated carbocycles. The molecule has 1 aromatic heterocycles. The largest absolute Gasteiger partial charge is 0.469 e. The van der Waals surface area contributed by atoms with Crippen molar-refractivity contribution in [3.8, 4) is 0 Å². The van der Waals surface area contributed by atoms with Gasteiger partial charge in [-0.1, -0.05) is 26.3 Å². The molecule has 1 heterocycles. The summed E-state index contributed by atoms with van der Waals surface area (Å²) in [7, 11) is 1.36. The summed E-state index contributed by atoms with van der Waals surface area (Å²) in [5.74, 6) is -0.365. The van der Waals surface area contributed by atoms with E-state index in [1.807, 2.05) is 24.4 Å². The molecule has 2 unspecified atom stereocenters. The molecule has 0 aromatic carbocycles. The Kier molecular flexibility index (Phi) is 6.56. The summed E-state index contributed by atoms with van der Waals surface area (Å²) in [4.78, 5) is 24.4. The van der Waals surface area contributed by atoms with E-state index >= 15 is 0 Å². The van der Waals surface area contributed by atoms with Crippen LogP contribution in [0.1, 0.15) is 44.0 Å². The maximum Gasteiger partial charge on any atom is 0.307 e. The van der Waals surface area contributed by atoms with Crippen molar-refractivity contribution in [2.75, 3.05) is 7.11 Å². The second-order valence-corrected chi connectivity index (χ2v) is 5.53. The van der Waals surface area contributed by atoms with E-state index in [-0.39, 0.29) is 30.3 Å². The summed E-state index contributed by atoms with van der Waals surface area (Å²) < 4.78 is 4.68. The molecule has 4 nitrogen and oxygen atoms in total. The Hall–Kier alpha value is -1.36. The topological polar surface area (TPSA) is 55.4 Å². The van der Waals surface area contributed by atoms with Crippen molar-refractivity contribution in [1.29, 1.82) is 0 Å². The molecule has 0 aliphatic carbocycles. The molecule has 0 aliphatic rings. The SMILES string of the molecule is CCCC(C)C(=O)NC(CC(=O)OC)c1cccs1. The van der Waals surface area contributed by atoms with E-state index in [9.17, 15) is 9.59 Å². The minimum Gasteiger partial charge on any atom is -0.469 e. The van der Waals surface area contributed by atoms with E-state index in [1.165, 1.54) is 18.4 Å². The molecule has 0 aliphatic heterocycles. The number of hydrogen-bond acceptors (Lipinski definition) is 4. The quantitative estimate of drug-likeness (QED) is 0.783. The zero-order valence-corrected chi connectivity index (χ0v) is 12.5. The first-order valence-corrected chi connectivity index (χ1v) is 7.37. The molecule has 1 rings (SSSR count). The fourth-order valence-electron chi connectivity index (χ4n) is 1.84.